The van der Waals surface area contributed by atoms with Crippen molar-refractivity contribution in [2.45, 2.75) is 44.0 Å². The molecular formula is C15H24N2O4S. The van der Waals surface area contributed by atoms with Crippen LogP contribution < -0.4 is 10.5 Å². The zero-order valence-electron chi connectivity index (χ0n) is 13.3. The largest absolute Gasteiger partial charge is 0.462 e. The van der Waals surface area contributed by atoms with Crippen LogP contribution >= 0.6 is 0 Å². The Kier molecular flexibility index (Phi) is 6.52. The van der Waals surface area contributed by atoms with E-state index in [1.54, 1.807) is 6.92 Å². The van der Waals surface area contributed by atoms with Crippen molar-refractivity contribution >= 4 is 16.0 Å². The van der Waals surface area contributed by atoms with E-state index in [4.69, 9.17) is 10.5 Å². The fraction of sp³-hybridized carbons (Fsp3) is 0.533. The molecule has 0 spiro atoms. The van der Waals surface area contributed by atoms with Gasteiger partial charge in [0.15, 0.2) is 0 Å². The molecule has 0 bridgehead atoms. The zero-order valence-corrected chi connectivity index (χ0v) is 14.1. The predicted octanol–water partition coefficient (Wildman–Crippen LogP) is 1.66. The average molecular weight is 328 g/mol. The highest BCUT2D eigenvalue weighted by Gasteiger charge is 2.24. The van der Waals surface area contributed by atoms with Crippen molar-refractivity contribution in [3.05, 3.63) is 29.8 Å². The number of hydrogen-bond donors (Lipinski definition) is 2. The number of esters is 1. The topological polar surface area (TPSA) is 98.5 Å². The average Bonchev–Trinajstić information content (AvgIpc) is 2.53. The van der Waals surface area contributed by atoms with Crippen molar-refractivity contribution in [2.75, 3.05) is 13.2 Å². The molecule has 0 saturated heterocycles. The highest BCUT2D eigenvalue weighted by molar-refractivity contribution is 7.89. The third kappa shape index (κ3) is 4.79. The number of sulfonamides is 1. The molecule has 1 aromatic rings. The summed E-state index contributed by atoms with van der Waals surface area (Å²) >= 11 is 0. The standard InChI is InChI=1S/C15H24N2O4S/c1-4-15(16,5-2)11-17-22(19,20)13-9-7-12(8-10-13)14(18)21-6-3/h7-10,17H,4-6,11,16H2,1-3H3. The molecule has 1 aromatic carbocycles. The number of nitrogens with one attached hydrogen (secondary N) is 1. The number of rotatable bonds is 8. The van der Waals surface area contributed by atoms with Gasteiger partial charge in [-0.1, -0.05) is 13.8 Å². The van der Waals surface area contributed by atoms with E-state index in [1.807, 2.05) is 13.8 Å². The van der Waals surface area contributed by atoms with Crippen LogP contribution in [0.3, 0.4) is 0 Å². The summed E-state index contributed by atoms with van der Waals surface area (Å²) in [4.78, 5) is 11.6. The lowest BCUT2D eigenvalue weighted by Crippen LogP contribution is -2.49. The molecule has 0 atom stereocenters. The van der Waals surface area contributed by atoms with Crippen LogP contribution in [0.25, 0.3) is 0 Å². The number of hydrogen-bond acceptors (Lipinski definition) is 5. The molecule has 0 heterocycles. The molecule has 0 unspecified atom stereocenters. The van der Waals surface area contributed by atoms with Gasteiger partial charge in [-0.25, -0.2) is 17.9 Å². The Morgan fingerprint density at radius 2 is 1.73 bits per heavy atom. The van der Waals surface area contributed by atoms with Gasteiger partial charge in [0.25, 0.3) is 0 Å². The molecule has 0 saturated carbocycles. The summed E-state index contributed by atoms with van der Waals surface area (Å²) in [5, 5.41) is 0. The summed E-state index contributed by atoms with van der Waals surface area (Å²) in [6, 6.07) is 5.62. The number of benzene rings is 1. The van der Waals surface area contributed by atoms with E-state index in [2.05, 4.69) is 4.72 Å². The molecule has 0 fully saturated rings. The first-order valence-electron chi connectivity index (χ1n) is 7.33. The van der Waals surface area contributed by atoms with E-state index < -0.39 is 21.5 Å². The number of carbonyl (C=O) groups is 1. The first-order valence-corrected chi connectivity index (χ1v) is 8.82. The van der Waals surface area contributed by atoms with E-state index in [1.165, 1.54) is 24.3 Å². The molecule has 0 aromatic heterocycles. The maximum atomic E-state index is 12.2. The van der Waals surface area contributed by atoms with Crippen LogP contribution in [-0.4, -0.2) is 33.1 Å². The van der Waals surface area contributed by atoms with Crippen LogP contribution in [0, 0.1) is 0 Å². The quantitative estimate of drug-likeness (QED) is 0.707. The predicted molar refractivity (Wildman–Crippen MR) is 85.1 cm³/mol. The summed E-state index contributed by atoms with van der Waals surface area (Å²) in [5.74, 6) is -0.475. The van der Waals surface area contributed by atoms with E-state index in [0.717, 1.165) is 0 Å². The first-order chi connectivity index (χ1) is 10.3. The molecule has 124 valence electrons. The van der Waals surface area contributed by atoms with Crippen molar-refractivity contribution in [2.24, 2.45) is 5.73 Å². The van der Waals surface area contributed by atoms with Crippen molar-refractivity contribution in [1.82, 2.24) is 4.72 Å². The van der Waals surface area contributed by atoms with Gasteiger partial charge in [-0.3, -0.25) is 0 Å². The SMILES string of the molecule is CCOC(=O)c1ccc(S(=O)(=O)NCC(N)(CC)CC)cc1. The Morgan fingerprint density at radius 3 is 2.18 bits per heavy atom. The van der Waals surface area contributed by atoms with Crippen molar-refractivity contribution in [1.29, 1.82) is 0 Å². The highest BCUT2D eigenvalue weighted by Crippen LogP contribution is 2.14. The number of ether oxygens (including phenoxy) is 1. The normalized spacial score (nSPS) is 12.2. The third-order valence-electron chi connectivity index (χ3n) is 3.70. The van der Waals surface area contributed by atoms with Crippen molar-refractivity contribution in [3.63, 3.8) is 0 Å². The summed E-state index contributed by atoms with van der Waals surface area (Å²) in [6.07, 6.45) is 1.35. The van der Waals surface area contributed by atoms with Crippen molar-refractivity contribution in [3.8, 4) is 0 Å². The molecule has 22 heavy (non-hydrogen) atoms. The molecule has 0 amide bonds. The van der Waals surface area contributed by atoms with Gasteiger partial charge in [0.05, 0.1) is 17.1 Å². The first kappa shape index (κ1) is 18.6. The van der Waals surface area contributed by atoms with Gasteiger partial charge in [0, 0.05) is 12.1 Å². The highest BCUT2D eigenvalue weighted by atomic mass is 32.2. The van der Waals surface area contributed by atoms with E-state index in [-0.39, 0.29) is 18.0 Å². The molecule has 6 nitrogen and oxygen atoms in total. The van der Waals surface area contributed by atoms with E-state index in [9.17, 15) is 13.2 Å². The van der Waals surface area contributed by atoms with Crippen LogP contribution in [0.5, 0.6) is 0 Å². The Hall–Kier alpha value is -1.44. The second-order valence-electron chi connectivity index (χ2n) is 5.14. The van der Waals surface area contributed by atoms with Gasteiger partial charge < -0.3 is 10.5 Å². The summed E-state index contributed by atoms with van der Waals surface area (Å²) in [5.41, 5.74) is 5.85. The van der Waals surface area contributed by atoms with Gasteiger partial charge in [-0.05, 0) is 44.0 Å². The lowest BCUT2D eigenvalue weighted by atomic mass is 9.95. The minimum Gasteiger partial charge on any atom is -0.462 e. The van der Waals surface area contributed by atoms with Crippen LogP contribution in [-0.2, 0) is 14.8 Å². The molecule has 7 heteroatoms. The Morgan fingerprint density at radius 1 is 1.18 bits per heavy atom. The Balaban J connectivity index is 2.84. The number of nitrogens with two attached hydrogens (primary N) is 1. The van der Waals surface area contributed by atoms with Gasteiger partial charge in [-0.15, -0.1) is 0 Å². The number of carbonyl (C=O) groups excluding carboxylic acids is 1. The minimum absolute atomic E-state index is 0.0927. The van der Waals surface area contributed by atoms with Gasteiger partial charge in [-0.2, -0.15) is 0 Å². The molecule has 0 aliphatic heterocycles. The van der Waals surface area contributed by atoms with Gasteiger partial charge in [0.2, 0.25) is 10.0 Å². The third-order valence-corrected chi connectivity index (χ3v) is 5.12. The summed E-state index contributed by atoms with van der Waals surface area (Å²) in [6.45, 7) is 5.99. The lowest BCUT2D eigenvalue weighted by Gasteiger charge is -2.26. The second kappa shape index (κ2) is 7.71. The second-order valence-corrected chi connectivity index (χ2v) is 6.91. The molecule has 3 N–H and O–H groups in total. The smallest absolute Gasteiger partial charge is 0.338 e. The van der Waals surface area contributed by atoms with Crippen LogP contribution in [0.15, 0.2) is 29.2 Å². The van der Waals surface area contributed by atoms with E-state index >= 15 is 0 Å². The maximum Gasteiger partial charge on any atom is 0.338 e. The monoisotopic (exact) mass is 328 g/mol. The maximum absolute atomic E-state index is 12.2. The fourth-order valence-corrected chi connectivity index (χ4v) is 2.95. The van der Waals surface area contributed by atoms with Crippen LogP contribution in [0.1, 0.15) is 44.0 Å². The Labute approximate surface area is 132 Å². The summed E-state index contributed by atoms with van der Waals surface area (Å²) in [7, 11) is -3.65. The fourth-order valence-electron chi connectivity index (χ4n) is 1.81. The van der Waals surface area contributed by atoms with Crippen molar-refractivity contribution < 1.29 is 17.9 Å². The molecule has 0 aliphatic carbocycles. The molecule has 1 rings (SSSR count). The Bertz CT molecular complexity index is 592. The minimum atomic E-state index is -3.65. The lowest BCUT2D eigenvalue weighted by molar-refractivity contribution is 0.0526. The molecule has 0 radical (unpaired) electrons. The molecular weight excluding hydrogens is 304 g/mol. The van der Waals surface area contributed by atoms with Crippen LogP contribution in [0.4, 0.5) is 0 Å². The van der Waals surface area contributed by atoms with Crippen LogP contribution in [0.2, 0.25) is 0 Å². The zero-order chi connectivity index (χ0) is 16.8. The van der Waals surface area contributed by atoms with Gasteiger partial charge in [0.1, 0.15) is 0 Å². The van der Waals surface area contributed by atoms with Gasteiger partial charge >= 0.3 is 5.97 Å². The molecule has 0 aliphatic rings. The summed E-state index contributed by atoms with van der Waals surface area (Å²) < 4.78 is 31.8. The van der Waals surface area contributed by atoms with E-state index in [0.29, 0.717) is 18.4 Å².